The Morgan fingerprint density at radius 2 is 1.86 bits per heavy atom. The number of hydrogen-bond donors (Lipinski definition) is 3. The van der Waals surface area contributed by atoms with E-state index >= 15 is 0 Å². The van der Waals surface area contributed by atoms with Crippen molar-refractivity contribution in [3.05, 3.63) is 87.5 Å². The van der Waals surface area contributed by atoms with E-state index in [0.717, 1.165) is 0 Å². The lowest BCUT2D eigenvalue weighted by Crippen LogP contribution is -2.32. The van der Waals surface area contributed by atoms with Crippen LogP contribution in [0, 0.1) is 0 Å². The highest BCUT2D eigenvalue weighted by molar-refractivity contribution is 9.10. The molecule has 178 valence electrons. The highest BCUT2D eigenvalue weighted by atomic mass is 79.9. The van der Waals surface area contributed by atoms with E-state index in [1.807, 2.05) is 0 Å². The molecule has 0 bridgehead atoms. The van der Waals surface area contributed by atoms with Gasteiger partial charge in [0.15, 0.2) is 23.0 Å². The molecule has 0 saturated carbocycles. The molecule has 0 fully saturated rings. The predicted molar refractivity (Wildman–Crippen MR) is 133 cm³/mol. The number of benzene rings is 3. The zero-order chi connectivity index (χ0) is 24.8. The molecular formula is C25H20BrN3O6. The maximum absolute atomic E-state index is 13.0. The molecule has 0 atom stereocenters. The number of carbonyl (C=O) groups is 2. The molecule has 0 radical (unpaired) electrons. The van der Waals surface area contributed by atoms with E-state index in [0.29, 0.717) is 32.7 Å². The Morgan fingerprint density at radius 3 is 2.63 bits per heavy atom. The number of hydrazone groups is 1. The van der Waals surface area contributed by atoms with E-state index in [1.54, 1.807) is 60.7 Å². The molecule has 0 saturated heterocycles. The van der Waals surface area contributed by atoms with Crippen molar-refractivity contribution in [3.8, 4) is 23.0 Å². The Balaban J connectivity index is 1.58. The van der Waals surface area contributed by atoms with Gasteiger partial charge in [-0.15, -0.1) is 0 Å². The van der Waals surface area contributed by atoms with Crippen LogP contribution in [0.2, 0.25) is 0 Å². The highest BCUT2D eigenvalue weighted by Gasteiger charge is 2.17. The second-order valence-corrected chi connectivity index (χ2v) is 8.15. The van der Waals surface area contributed by atoms with Crippen LogP contribution in [0.3, 0.4) is 0 Å². The molecule has 9 nitrogen and oxygen atoms in total. The van der Waals surface area contributed by atoms with Crippen molar-refractivity contribution >= 4 is 40.0 Å². The van der Waals surface area contributed by atoms with Crippen molar-refractivity contribution in [1.29, 1.82) is 0 Å². The summed E-state index contributed by atoms with van der Waals surface area (Å²) in [6.07, 6.45) is 2.75. The van der Waals surface area contributed by atoms with Gasteiger partial charge in [0, 0.05) is 15.6 Å². The zero-order valence-electron chi connectivity index (χ0n) is 18.4. The lowest BCUT2D eigenvalue weighted by atomic mass is 10.1. The maximum atomic E-state index is 13.0. The standard InChI is InChI=1S/C25H20BrN3O6/c1-33-22-12-18(26)11-17(23(22)30)13-27-29-25(32)19(28-24(31)16-5-3-2-4-6-16)9-15-7-8-20-21(10-15)35-14-34-20/h2-13,30H,14H2,1H3,(H,28,31)(H,29,32). The number of nitrogens with one attached hydrogen (secondary N) is 2. The van der Waals surface area contributed by atoms with E-state index in [4.69, 9.17) is 14.2 Å². The minimum atomic E-state index is -0.676. The minimum absolute atomic E-state index is 0.0501. The van der Waals surface area contributed by atoms with Crippen LogP contribution in [0.25, 0.3) is 6.08 Å². The quantitative estimate of drug-likeness (QED) is 0.239. The van der Waals surface area contributed by atoms with Gasteiger partial charge in [0.1, 0.15) is 5.70 Å². The summed E-state index contributed by atoms with van der Waals surface area (Å²) in [6, 6.07) is 16.8. The number of phenolic OH excluding ortho intramolecular Hbond substituents is 1. The highest BCUT2D eigenvalue weighted by Crippen LogP contribution is 2.33. The molecule has 3 aromatic carbocycles. The molecule has 0 spiro atoms. The lowest BCUT2D eigenvalue weighted by Gasteiger charge is -2.10. The van der Waals surface area contributed by atoms with Crippen LogP contribution in [0.15, 0.2) is 75.9 Å². The number of nitrogens with zero attached hydrogens (tertiary/aromatic N) is 1. The van der Waals surface area contributed by atoms with Crippen molar-refractivity contribution in [2.24, 2.45) is 5.10 Å². The number of fused-ring (bicyclic) bond motifs is 1. The van der Waals surface area contributed by atoms with E-state index in [1.165, 1.54) is 19.4 Å². The van der Waals surface area contributed by atoms with Crippen molar-refractivity contribution in [3.63, 3.8) is 0 Å². The number of halogens is 1. The summed E-state index contributed by atoms with van der Waals surface area (Å²) in [6.45, 7) is 0.114. The second-order valence-electron chi connectivity index (χ2n) is 7.24. The number of methoxy groups -OCH3 is 1. The molecule has 0 unspecified atom stereocenters. The fourth-order valence-electron chi connectivity index (χ4n) is 3.18. The van der Waals surface area contributed by atoms with Gasteiger partial charge in [-0.1, -0.05) is 40.2 Å². The van der Waals surface area contributed by atoms with Crippen LogP contribution in [0.1, 0.15) is 21.5 Å². The van der Waals surface area contributed by atoms with Crippen molar-refractivity contribution < 1.29 is 28.9 Å². The zero-order valence-corrected chi connectivity index (χ0v) is 20.0. The molecule has 3 aromatic rings. The largest absolute Gasteiger partial charge is 0.504 e. The number of aromatic hydroxyl groups is 1. The smallest absolute Gasteiger partial charge is 0.287 e. The summed E-state index contributed by atoms with van der Waals surface area (Å²) in [5.41, 5.74) is 3.61. The van der Waals surface area contributed by atoms with Crippen LogP contribution in [0.4, 0.5) is 0 Å². The lowest BCUT2D eigenvalue weighted by molar-refractivity contribution is -0.117. The van der Waals surface area contributed by atoms with Crippen LogP contribution in [-0.2, 0) is 4.79 Å². The predicted octanol–water partition coefficient (Wildman–Crippen LogP) is 3.81. The fourth-order valence-corrected chi connectivity index (χ4v) is 3.64. The maximum Gasteiger partial charge on any atom is 0.287 e. The summed E-state index contributed by atoms with van der Waals surface area (Å²) < 4.78 is 16.5. The third kappa shape index (κ3) is 5.79. The molecule has 2 amide bonds. The molecule has 3 N–H and O–H groups in total. The number of amides is 2. The monoisotopic (exact) mass is 537 g/mol. The molecule has 0 aliphatic carbocycles. The number of phenols is 1. The normalized spacial score (nSPS) is 12.5. The third-order valence-corrected chi connectivity index (χ3v) is 5.35. The van der Waals surface area contributed by atoms with Gasteiger partial charge < -0.3 is 24.6 Å². The van der Waals surface area contributed by atoms with Gasteiger partial charge in [0.25, 0.3) is 11.8 Å². The van der Waals surface area contributed by atoms with Crippen LogP contribution in [0.5, 0.6) is 23.0 Å². The van der Waals surface area contributed by atoms with Crippen LogP contribution < -0.4 is 25.0 Å². The summed E-state index contributed by atoms with van der Waals surface area (Å²) in [7, 11) is 1.42. The van der Waals surface area contributed by atoms with Crippen molar-refractivity contribution in [2.75, 3.05) is 13.9 Å². The van der Waals surface area contributed by atoms with Crippen molar-refractivity contribution in [2.45, 2.75) is 0 Å². The Hall–Kier alpha value is -4.31. The Bertz CT molecular complexity index is 1320. The molecule has 1 aliphatic heterocycles. The average Bonchev–Trinajstić information content (AvgIpc) is 3.33. The average molecular weight is 538 g/mol. The van der Waals surface area contributed by atoms with E-state index < -0.39 is 11.8 Å². The number of hydrogen-bond acceptors (Lipinski definition) is 7. The molecule has 1 aliphatic rings. The molecule has 10 heteroatoms. The molecule has 35 heavy (non-hydrogen) atoms. The molecule has 1 heterocycles. The first-order valence-corrected chi connectivity index (χ1v) is 11.1. The number of ether oxygens (including phenoxy) is 3. The molecular weight excluding hydrogens is 518 g/mol. The van der Waals surface area contributed by atoms with Gasteiger partial charge >= 0.3 is 0 Å². The Kier molecular flexibility index (Phi) is 7.32. The third-order valence-electron chi connectivity index (χ3n) is 4.90. The SMILES string of the molecule is COc1cc(Br)cc(C=NNC(=O)C(=Cc2ccc3c(c2)OCO3)NC(=O)c2ccccc2)c1O. The van der Waals surface area contributed by atoms with Gasteiger partial charge in [-0.05, 0) is 48.0 Å². The topological polar surface area (TPSA) is 118 Å². The first kappa shape index (κ1) is 23.8. The van der Waals surface area contributed by atoms with Gasteiger partial charge in [-0.2, -0.15) is 5.10 Å². The number of rotatable bonds is 7. The summed E-state index contributed by atoms with van der Waals surface area (Å²) in [5.74, 6) is 0.0870. The Labute approximate surface area is 209 Å². The minimum Gasteiger partial charge on any atom is -0.504 e. The first-order chi connectivity index (χ1) is 16.9. The van der Waals surface area contributed by atoms with Gasteiger partial charge in [-0.25, -0.2) is 5.43 Å². The number of carbonyl (C=O) groups excluding carboxylic acids is 2. The summed E-state index contributed by atoms with van der Waals surface area (Å²) in [4.78, 5) is 25.7. The van der Waals surface area contributed by atoms with E-state index in [-0.39, 0.29) is 24.0 Å². The fraction of sp³-hybridized carbons (Fsp3) is 0.0800. The van der Waals surface area contributed by atoms with Crippen LogP contribution in [-0.4, -0.2) is 37.0 Å². The second kappa shape index (κ2) is 10.7. The first-order valence-electron chi connectivity index (χ1n) is 10.3. The molecule has 0 aromatic heterocycles. The Morgan fingerprint density at radius 1 is 1.09 bits per heavy atom. The van der Waals surface area contributed by atoms with E-state index in [2.05, 4.69) is 31.8 Å². The van der Waals surface area contributed by atoms with Crippen molar-refractivity contribution in [1.82, 2.24) is 10.7 Å². The summed E-state index contributed by atoms with van der Waals surface area (Å²) >= 11 is 3.32. The van der Waals surface area contributed by atoms with E-state index in [9.17, 15) is 14.7 Å². The van der Waals surface area contributed by atoms with Gasteiger partial charge in [-0.3, -0.25) is 9.59 Å². The van der Waals surface area contributed by atoms with Gasteiger partial charge in [0.2, 0.25) is 6.79 Å². The van der Waals surface area contributed by atoms with Gasteiger partial charge in [0.05, 0.1) is 13.3 Å². The van der Waals surface area contributed by atoms with Crippen LogP contribution >= 0.6 is 15.9 Å². The summed E-state index contributed by atoms with van der Waals surface area (Å²) in [5, 5.41) is 16.8. The molecule has 4 rings (SSSR count).